The van der Waals surface area contributed by atoms with E-state index in [1.165, 1.54) is 7.11 Å². The zero-order valence-electron chi connectivity index (χ0n) is 14.3. The summed E-state index contributed by atoms with van der Waals surface area (Å²) in [7, 11) is 3.04. The summed E-state index contributed by atoms with van der Waals surface area (Å²) >= 11 is 0. The van der Waals surface area contributed by atoms with Gasteiger partial charge in [0.15, 0.2) is 0 Å². The molecule has 2 aliphatic heterocycles. The summed E-state index contributed by atoms with van der Waals surface area (Å²) in [5.74, 6) is 0.606. The molecular weight excluding hydrogens is 308 g/mol. The molecule has 1 saturated heterocycles. The van der Waals surface area contributed by atoms with Gasteiger partial charge in [-0.3, -0.25) is 14.5 Å². The van der Waals surface area contributed by atoms with E-state index in [9.17, 15) is 9.59 Å². The Balaban J connectivity index is 1.73. The van der Waals surface area contributed by atoms with Gasteiger partial charge >= 0.3 is 5.97 Å². The van der Waals surface area contributed by atoms with Crippen molar-refractivity contribution in [1.29, 1.82) is 0 Å². The number of amides is 1. The quantitative estimate of drug-likeness (QED) is 0.784. The number of carbonyl (C=O) groups excluding carboxylic acids is 2. The highest BCUT2D eigenvalue weighted by molar-refractivity contribution is 5.96. The lowest BCUT2D eigenvalue weighted by Gasteiger charge is -2.32. The highest BCUT2D eigenvalue weighted by Crippen LogP contribution is 2.31. The number of anilines is 1. The van der Waals surface area contributed by atoms with Crippen molar-refractivity contribution in [3.8, 4) is 5.75 Å². The topological polar surface area (TPSA) is 59.1 Å². The molecule has 0 spiro atoms. The molecule has 0 N–H and O–H groups in total. The predicted molar refractivity (Wildman–Crippen MR) is 90.3 cm³/mol. The van der Waals surface area contributed by atoms with Crippen molar-refractivity contribution in [2.45, 2.75) is 31.7 Å². The number of fused-ring (bicyclic) bond motifs is 1. The van der Waals surface area contributed by atoms with E-state index in [1.54, 1.807) is 7.11 Å². The molecule has 24 heavy (non-hydrogen) atoms. The van der Waals surface area contributed by atoms with E-state index < -0.39 is 0 Å². The zero-order valence-corrected chi connectivity index (χ0v) is 14.3. The lowest BCUT2D eigenvalue weighted by Crippen LogP contribution is -2.46. The first-order valence-electron chi connectivity index (χ1n) is 8.43. The Morgan fingerprint density at radius 2 is 2.04 bits per heavy atom. The second kappa shape index (κ2) is 7.21. The molecule has 1 aromatic rings. The minimum atomic E-state index is -0.293. The average Bonchev–Trinajstić information content (AvgIpc) is 3.07. The van der Waals surface area contributed by atoms with Crippen molar-refractivity contribution in [3.63, 3.8) is 0 Å². The predicted octanol–water partition coefficient (Wildman–Crippen LogP) is 1.61. The van der Waals surface area contributed by atoms with Crippen molar-refractivity contribution >= 4 is 17.6 Å². The Bertz CT molecular complexity index is 631. The number of hydrogen-bond donors (Lipinski definition) is 0. The molecule has 0 saturated carbocycles. The Morgan fingerprint density at radius 3 is 2.79 bits per heavy atom. The zero-order chi connectivity index (χ0) is 17.1. The molecule has 1 fully saturated rings. The van der Waals surface area contributed by atoms with E-state index in [1.807, 2.05) is 28.0 Å². The van der Waals surface area contributed by atoms with Crippen LogP contribution < -0.4 is 9.64 Å². The largest absolute Gasteiger partial charge is 0.497 e. The standard InChI is InChI=1S/C18H24N2O4/c1-23-14-7-8-15-13(11-14)5-3-10-20(15)17(21)12-19-9-4-6-16(19)18(22)24-2/h7-8,11,16H,3-6,9-10,12H2,1-2H3. The molecule has 6 heteroatoms. The number of esters is 1. The summed E-state index contributed by atoms with van der Waals surface area (Å²) in [5.41, 5.74) is 2.10. The normalized spacial score (nSPS) is 20.6. The van der Waals surface area contributed by atoms with E-state index in [2.05, 4.69) is 0 Å². The van der Waals surface area contributed by atoms with E-state index in [0.717, 1.165) is 55.8 Å². The average molecular weight is 332 g/mol. The third-order valence-electron chi connectivity index (χ3n) is 4.88. The summed E-state index contributed by atoms with van der Waals surface area (Å²) in [5, 5.41) is 0. The first-order chi connectivity index (χ1) is 11.6. The van der Waals surface area contributed by atoms with Gasteiger partial charge in [-0.05, 0) is 56.0 Å². The first kappa shape index (κ1) is 16.8. The summed E-state index contributed by atoms with van der Waals surface area (Å²) in [4.78, 5) is 28.5. The number of ether oxygens (including phenoxy) is 2. The van der Waals surface area contributed by atoms with Gasteiger partial charge in [0.05, 0.1) is 20.8 Å². The number of methoxy groups -OCH3 is 2. The molecule has 1 unspecified atom stereocenters. The number of carbonyl (C=O) groups is 2. The molecule has 0 aliphatic carbocycles. The first-order valence-corrected chi connectivity index (χ1v) is 8.43. The molecular formula is C18H24N2O4. The molecule has 130 valence electrons. The number of benzene rings is 1. The van der Waals surface area contributed by atoms with Crippen LogP contribution in [0.15, 0.2) is 18.2 Å². The van der Waals surface area contributed by atoms with Crippen molar-refractivity contribution in [2.75, 3.05) is 38.8 Å². The van der Waals surface area contributed by atoms with Gasteiger partial charge in [0.1, 0.15) is 11.8 Å². The molecule has 0 bridgehead atoms. The van der Waals surface area contributed by atoms with Gasteiger partial charge in [-0.25, -0.2) is 0 Å². The van der Waals surface area contributed by atoms with Gasteiger partial charge < -0.3 is 14.4 Å². The number of rotatable bonds is 4. The van der Waals surface area contributed by atoms with Crippen LogP contribution in [-0.4, -0.2) is 56.7 Å². The fourth-order valence-corrected chi connectivity index (χ4v) is 3.64. The fourth-order valence-electron chi connectivity index (χ4n) is 3.64. The second-order valence-electron chi connectivity index (χ2n) is 6.30. The third kappa shape index (κ3) is 3.24. The van der Waals surface area contributed by atoms with Crippen molar-refractivity contribution in [1.82, 2.24) is 4.90 Å². The number of aryl methyl sites for hydroxylation is 1. The summed E-state index contributed by atoms with van der Waals surface area (Å²) < 4.78 is 10.1. The van der Waals surface area contributed by atoms with Gasteiger partial charge in [-0.2, -0.15) is 0 Å². The number of nitrogens with zero attached hydrogens (tertiary/aromatic N) is 2. The van der Waals surface area contributed by atoms with E-state index in [0.29, 0.717) is 0 Å². The van der Waals surface area contributed by atoms with Crippen LogP contribution in [0, 0.1) is 0 Å². The molecule has 6 nitrogen and oxygen atoms in total. The van der Waals surface area contributed by atoms with Gasteiger partial charge in [-0.1, -0.05) is 0 Å². The molecule has 1 amide bonds. The molecule has 2 aliphatic rings. The molecule has 2 heterocycles. The highest BCUT2D eigenvalue weighted by atomic mass is 16.5. The maximum atomic E-state index is 12.8. The number of hydrogen-bond acceptors (Lipinski definition) is 5. The van der Waals surface area contributed by atoms with Gasteiger partial charge in [-0.15, -0.1) is 0 Å². The van der Waals surface area contributed by atoms with Crippen molar-refractivity contribution in [2.24, 2.45) is 0 Å². The van der Waals surface area contributed by atoms with E-state index >= 15 is 0 Å². The van der Waals surface area contributed by atoms with E-state index in [4.69, 9.17) is 9.47 Å². The Labute approximate surface area is 142 Å². The molecule has 3 rings (SSSR count). The summed E-state index contributed by atoms with van der Waals surface area (Å²) in [6.45, 7) is 1.73. The van der Waals surface area contributed by atoms with Crippen LogP contribution in [0.4, 0.5) is 5.69 Å². The van der Waals surface area contributed by atoms with Crippen LogP contribution in [0.3, 0.4) is 0 Å². The van der Waals surface area contributed by atoms with Gasteiger partial charge in [0.2, 0.25) is 5.91 Å². The lowest BCUT2D eigenvalue weighted by molar-refractivity contribution is -0.146. The van der Waals surface area contributed by atoms with Crippen LogP contribution in [0.1, 0.15) is 24.8 Å². The van der Waals surface area contributed by atoms with Crippen LogP contribution >= 0.6 is 0 Å². The molecule has 1 aromatic carbocycles. The molecule has 0 radical (unpaired) electrons. The van der Waals surface area contributed by atoms with Gasteiger partial charge in [0, 0.05) is 12.2 Å². The minimum Gasteiger partial charge on any atom is -0.497 e. The smallest absolute Gasteiger partial charge is 0.323 e. The molecule has 0 aromatic heterocycles. The Kier molecular flexibility index (Phi) is 5.04. The lowest BCUT2D eigenvalue weighted by atomic mass is 10.0. The van der Waals surface area contributed by atoms with E-state index in [-0.39, 0.29) is 24.5 Å². The van der Waals surface area contributed by atoms with Crippen molar-refractivity contribution in [3.05, 3.63) is 23.8 Å². The third-order valence-corrected chi connectivity index (χ3v) is 4.88. The summed E-state index contributed by atoms with van der Waals surface area (Å²) in [6.07, 6.45) is 3.56. The SMILES string of the molecule is COC(=O)C1CCCN1CC(=O)N1CCCc2cc(OC)ccc21. The van der Waals surface area contributed by atoms with Crippen molar-refractivity contribution < 1.29 is 19.1 Å². The van der Waals surface area contributed by atoms with Crippen LogP contribution in [0.25, 0.3) is 0 Å². The monoisotopic (exact) mass is 332 g/mol. The highest BCUT2D eigenvalue weighted by Gasteiger charge is 2.34. The fraction of sp³-hybridized carbons (Fsp3) is 0.556. The van der Waals surface area contributed by atoms with Crippen LogP contribution in [0.2, 0.25) is 0 Å². The Morgan fingerprint density at radius 1 is 1.21 bits per heavy atom. The number of likely N-dealkylation sites (tertiary alicyclic amines) is 1. The molecule has 1 atom stereocenters. The Hall–Kier alpha value is -2.08. The van der Waals surface area contributed by atoms with Crippen LogP contribution in [0.5, 0.6) is 5.75 Å². The van der Waals surface area contributed by atoms with Crippen LogP contribution in [-0.2, 0) is 20.7 Å². The summed E-state index contributed by atoms with van der Waals surface area (Å²) in [6, 6.07) is 5.55. The van der Waals surface area contributed by atoms with Gasteiger partial charge in [0.25, 0.3) is 0 Å². The maximum absolute atomic E-state index is 12.8. The minimum absolute atomic E-state index is 0.0388. The second-order valence-corrected chi connectivity index (χ2v) is 6.30. The maximum Gasteiger partial charge on any atom is 0.323 e.